The lowest BCUT2D eigenvalue weighted by Gasteiger charge is -2.18. The van der Waals surface area contributed by atoms with Crippen LogP contribution in [0.15, 0.2) is 122 Å². The van der Waals surface area contributed by atoms with E-state index in [0.717, 1.165) is 103 Å². The number of ether oxygens (including phenoxy) is 3. The van der Waals surface area contributed by atoms with E-state index in [0.29, 0.717) is 12.8 Å². The molecule has 0 fully saturated rings. The van der Waals surface area contributed by atoms with Crippen molar-refractivity contribution in [3.05, 3.63) is 122 Å². The van der Waals surface area contributed by atoms with Gasteiger partial charge in [0.05, 0.1) is 6.42 Å². The Labute approximate surface area is 469 Å². The lowest BCUT2D eigenvalue weighted by atomic mass is 10.0. The van der Waals surface area contributed by atoms with Crippen molar-refractivity contribution in [3.63, 3.8) is 0 Å². The molecule has 0 aliphatic heterocycles. The monoisotopic (exact) mass is 1050 g/mol. The Balaban J connectivity index is 4.25. The average molecular weight is 1050 g/mol. The van der Waals surface area contributed by atoms with Crippen molar-refractivity contribution in [2.24, 2.45) is 0 Å². The van der Waals surface area contributed by atoms with Crippen LogP contribution in [0.2, 0.25) is 0 Å². The quantitative estimate of drug-likeness (QED) is 0.0261. The number of hydrogen-bond acceptors (Lipinski definition) is 6. The van der Waals surface area contributed by atoms with E-state index in [9.17, 15) is 14.4 Å². The summed E-state index contributed by atoms with van der Waals surface area (Å²) >= 11 is 0. The van der Waals surface area contributed by atoms with Gasteiger partial charge in [0.1, 0.15) is 13.2 Å². The minimum atomic E-state index is -0.832. The Bertz CT molecular complexity index is 1590. The number of rotatable bonds is 56. The Morgan fingerprint density at radius 3 is 0.868 bits per heavy atom. The van der Waals surface area contributed by atoms with E-state index in [1.807, 2.05) is 6.08 Å². The molecule has 0 saturated heterocycles. The van der Waals surface area contributed by atoms with Crippen LogP contribution in [0.25, 0.3) is 0 Å². The lowest BCUT2D eigenvalue weighted by molar-refractivity contribution is -0.166. The molecule has 0 aromatic rings. The maximum atomic E-state index is 12.8. The fraction of sp³-hybridized carbons (Fsp3) is 0.671. The molecular formula is C70H116O6. The van der Waals surface area contributed by atoms with Crippen LogP contribution in [-0.2, 0) is 28.6 Å². The van der Waals surface area contributed by atoms with Crippen molar-refractivity contribution in [1.82, 2.24) is 0 Å². The van der Waals surface area contributed by atoms with Gasteiger partial charge < -0.3 is 14.2 Å². The summed E-state index contributed by atoms with van der Waals surface area (Å²) in [6, 6.07) is 0. The first-order chi connectivity index (χ1) is 37.5. The molecule has 76 heavy (non-hydrogen) atoms. The summed E-state index contributed by atoms with van der Waals surface area (Å²) in [5, 5.41) is 0. The molecule has 1 atom stereocenters. The molecule has 0 amide bonds. The molecule has 0 aromatic heterocycles. The molecule has 0 saturated carbocycles. The zero-order valence-electron chi connectivity index (χ0n) is 49.5. The topological polar surface area (TPSA) is 78.9 Å². The summed E-state index contributed by atoms with van der Waals surface area (Å²) in [7, 11) is 0. The highest BCUT2D eigenvalue weighted by Crippen LogP contribution is 2.16. The second kappa shape index (κ2) is 63.3. The minimum absolute atomic E-state index is 0.0963. The zero-order chi connectivity index (χ0) is 55.0. The van der Waals surface area contributed by atoms with Gasteiger partial charge in [-0.15, -0.1) is 0 Å². The van der Waals surface area contributed by atoms with Gasteiger partial charge in [0.15, 0.2) is 6.10 Å². The number of esters is 3. The Morgan fingerprint density at radius 1 is 0.289 bits per heavy atom. The largest absolute Gasteiger partial charge is 0.462 e. The van der Waals surface area contributed by atoms with E-state index in [-0.39, 0.29) is 31.6 Å². The van der Waals surface area contributed by atoms with Crippen LogP contribution < -0.4 is 0 Å². The first-order valence-electron chi connectivity index (χ1n) is 31.5. The second-order valence-corrected chi connectivity index (χ2v) is 20.6. The standard InChI is InChI=1S/C70H116O6/c1-4-7-10-13-16-19-22-25-27-28-29-30-31-32-33-34-35-36-37-38-39-40-41-42-44-45-48-51-54-57-60-63-69(72)75-66-67(65-74-68(71)62-59-56-53-50-47-24-21-18-15-12-9-6-3)76-70(73)64-61-58-55-52-49-46-43-26-23-20-17-14-11-8-5-2/h7-8,10-11,16-17,19-20,25-27,29-30,32-33,43,49,52,58,61,67H,4-6,9,12-15,18,21-24,28,31,34-42,44-48,50-51,53-57,59-60,62-66H2,1-3H3/b10-7-,11-8-,19-16-,20-17-,27-25-,30-29-,33-32-,43-26-,52-49-,61-58-. The second-order valence-electron chi connectivity index (χ2n) is 20.6. The van der Waals surface area contributed by atoms with Gasteiger partial charge >= 0.3 is 17.9 Å². The molecule has 0 N–H and O–H groups in total. The van der Waals surface area contributed by atoms with E-state index in [1.54, 1.807) is 6.08 Å². The van der Waals surface area contributed by atoms with Crippen molar-refractivity contribution in [3.8, 4) is 0 Å². The lowest BCUT2D eigenvalue weighted by Crippen LogP contribution is -2.30. The molecule has 0 bridgehead atoms. The molecule has 0 rings (SSSR count). The van der Waals surface area contributed by atoms with Gasteiger partial charge in [0.25, 0.3) is 0 Å². The highest BCUT2D eigenvalue weighted by atomic mass is 16.6. The summed E-state index contributed by atoms with van der Waals surface area (Å²) in [4.78, 5) is 38.1. The molecular weight excluding hydrogens is 937 g/mol. The van der Waals surface area contributed by atoms with Crippen LogP contribution in [0.4, 0.5) is 0 Å². The molecule has 0 radical (unpaired) electrons. The molecule has 432 valence electrons. The zero-order valence-corrected chi connectivity index (χ0v) is 49.5. The maximum Gasteiger partial charge on any atom is 0.310 e. The average Bonchev–Trinajstić information content (AvgIpc) is 3.42. The molecule has 1 unspecified atom stereocenters. The van der Waals surface area contributed by atoms with Gasteiger partial charge in [0, 0.05) is 12.8 Å². The molecule has 6 nitrogen and oxygen atoms in total. The fourth-order valence-electron chi connectivity index (χ4n) is 8.61. The Kier molecular flexibility index (Phi) is 59.9. The fourth-order valence-corrected chi connectivity index (χ4v) is 8.61. The predicted molar refractivity (Wildman–Crippen MR) is 330 cm³/mol. The normalized spacial score (nSPS) is 12.9. The summed E-state index contributed by atoms with van der Waals surface area (Å²) < 4.78 is 16.8. The van der Waals surface area contributed by atoms with Crippen molar-refractivity contribution in [2.75, 3.05) is 13.2 Å². The van der Waals surface area contributed by atoms with Crippen LogP contribution in [0.5, 0.6) is 0 Å². The molecule has 6 heteroatoms. The summed E-state index contributed by atoms with van der Waals surface area (Å²) in [5.41, 5.74) is 0. The summed E-state index contributed by atoms with van der Waals surface area (Å²) in [6.45, 7) is 6.34. The van der Waals surface area contributed by atoms with Crippen LogP contribution in [0.1, 0.15) is 284 Å². The third-order valence-electron chi connectivity index (χ3n) is 13.2. The summed E-state index contributed by atoms with van der Waals surface area (Å²) in [5.74, 6) is -1.04. The molecule has 0 spiro atoms. The number of allylic oxidation sites excluding steroid dienone is 19. The van der Waals surface area contributed by atoms with E-state index in [4.69, 9.17) is 14.2 Å². The molecule has 0 aromatic carbocycles. The molecule has 0 heterocycles. The third kappa shape index (κ3) is 60.7. The number of hydrogen-bond donors (Lipinski definition) is 0. The number of carbonyl (C=O) groups is 3. The van der Waals surface area contributed by atoms with Crippen LogP contribution in [-0.4, -0.2) is 37.2 Å². The van der Waals surface area contributed by atoms with Gasteiger partial charge in [-0.05, 0) is 89.9 Å². The minimum Gasteiger partial charge on any atom is -0.462 e. The SMILES string of the molecule is CC/C=C\C/C=C\C/C=C\C/C=C\C/C=C\CCCCCCCCCCCCCCCCCC(=O)OCC(COC(=O)CCCCCCCCCCCCCC)OC(=O)C/C=C\C/C=C\C/C=C\C/C=C\C/C=C\CC. The highest BCUT2D eigenvalue weighted by Gasteiger charge is 2.19. The van der Waals surface area contributed by atoms with Crippen LogP contribution in [0, 0.1) is 0 Å². The smallest absolute Gasteiger partial charge is 0.310 e. The predicted octanol–water partition coefficient (Wildman–Crippen LogP) is 21.6. The van der Waals surface area contributed by atoms with Crippen LogP contribution in [0.3, 0.4) is 0 Å². The Morgan fingerprint density at radius 2 is 0.553 bits per heavy atom. The van der Waals surface area contributed by atoms with Gasteiger partial charge in [-0.3, -0.25) is 14.4 Å². The van der Waals surface area contributed by atoms with Crippen molar-refractivity contribution < 1.29 is 28.6 Å². The van der Waals surface area contributed by atoms with Gasteiger partial charge in [-0.1, -0.05) is 296 Å². The van der Waals surface area contributed by atoms with Gasteiger partial charge in [-0.25, -0.2) is 0 Å². The van der Waals surface area contributed by atoms with E-state index >= 15 is 0 Å². The van der Waals surface area contributed by atoms with Crippen molar-refractivity contribution in [1.29, 1.82) is 0 Å². The first kappa shape index (κ1) is 71.8. The van der Waals surface area contributed by atoms with E-state index in [2.05, 4.69) is 130 Å². The number of carbonyl (C=O) groups excluding carboxylic acids is 3. The summed E-state index contributed by atoms with van der Waals surface area (Å²) in [6.07, 6.45) is 88.1. The van der Waals surface area contributed by atoms with E-state index in [1.165, 1.54) is 141 Å². The molecule has 0 aliphatic carbocycles. The Hall–Kier alpha value is -4.19. The van der Waals surface area contributed by atoms with Gasteiger partial charge in [0.2, 0.25) is 0 Å². The van der Waals surface area contributed by atoms with Gasteiger partial charge in [-0.2, -0.15) is 0 Å². The highest BCUT2D eigenvalue weighted by molar-refractivity contribution is 5.72. The van der Waals surface area contributed by atoms with E-state index < -0.39 is 12.1 Å². The number of unbranched alkanes of at least 4 members (excludes halogenated alkanes) is 26. The van der Waals surface area contributed by atoms with Crippen molar-refractivity contribution >= 4 is 17.9 Å². The van der Waals surface area contributed by atoms with Crippen LogP contribution >= 0.6 is 0 Å². The molecule has 0 aliphatic rings. The third-order valence-corrected chi connectivity index (χ3v) is 13.2. The first-order valence-corrected chi connectivity index (χ1v) is 31.5. The van der Waals surface area contributed by atoms with Crippen molar-refractivity contribution in [2.45, 2.75) is 290 Å². The maximum absolute atomic E-state index is 12.8.